The molecule has 3 rings (SSSR count). The first-order chi connectivity index (χ1) is 8.22. The SMILES string of the molecule is CN1CCN(C(=S)NC2CC3CCC2C3)CC1. The summed E-state index contributed by atoms with van der Waals surface area (Å²) in [6, 6.07) is 0.681. The summed E-state index contributed by atoms with van der Waals surface area (Å²) in [4.78, 5) is 4.72. The van der Waals surface area contributed by atoms with Crippen LogP contribution in [0.15, 0.2) is 0 Å². The van der Waals surface area contributed by atoms with Crippen molar-refractivity contribution in [3.8, 4) is 0 Å². The van der Waals surface area contributed by atoms with Crippen molar-refractivity contribution in [1.29, 1.82) is 0 Å². The molecule has 0 spiro atoms. The number of likely N-dealkylation sites (N-methyl/N-ethyl adjacent to an activating group) is 1. The molecule has 3 fully saturated rings. The van der Waals surface area contributed by atoms with E-state index in [4.69, 9.17) is 12.2 Å². The molecule has 0 radical (unpaired) electrons. The molecule has 0 aromatic heterocycles. The van der Waals surface area contributed by atoms with Crippen molar-refractivity contribution in [2.24, 2.45) is 11.8 Å². The lowest BCUT2D eigenvalue weighted by atomic mass is 9.95. The highest BCUT2D eigenvalue weighted by Crippen LogP contribution is 2.44. The van der Waals surface area contributed by atoms with Crippen LogP contribution >= 0.6 is 12.2 Å². The Kier molecular flexibility index (Phi) is 3.26. The van der Waals surface area contributed by atoms with E-state index in [-0.39, 0.29) is 0 Å². The number of hydrogen-bond donors (Lipinski definition) is 1. The van der Waals surface area contributed by atoms with Crippen LogP contribution in [-0.2, 0) is 0 Å². The standard InChI is InChI=1S/C13H23N3S/c1-15-4-6-16(7-5-15)13(17)14-12-9-10-2-3-11(12)8-10/h10-12H,2-9H2,1H3,(H,14,17). The fraction of sp³-hybridized carbons (Fsp3) is 0.923. The van der Waals surface area contributed by atoms with Gasteiger partial charge in [0.25, 0.3) is 0 Å². The molecule has 96 valence electrons. The predicted molar refractivity (Wildman–Crippen MR) is 74.0 cm³/mol. The molecule has 17 heavy (non-hydrogen) atoms. The van der Waals surface area contributed by atoms with Crippen LogP contribution in [0.25, 0.3) is 0 Å². The Hall–Kier alpha value is -0.350. The van der Waals surface area contributed by atoms with E-state index in [1.165, 1.54) is 25.7 Å². The van der Waals surface area contributed by atoms with E-state index in [9.17, 15) is 0 Å². The van der Waals surface area contributed by atoms with Crippen LogP contribution < -0.4 is 5.32 Å². The van der Waals surface area contributed by atoms with Crippen LogP contribution in [0.3, 0.4) is 0 Å². The predicted octanol–water partition coefficient (Wildman–Crippen LogP) is 1.30. The molecule has 2 saturated carbocycles. The second-order valence-corrected chi connectivity index (χ2v) is 6.41. The minimum absolute atomic E-state index is 0.681. The number of nitrogens with one attached hydrogen (secondary N) is 1. The van der Waals surface area contributed by atoms with Gasteiger partial charge in [-0.05, 0) is 50.4 Å². The second-order valence-electron chi connectivity index (χ2n) is 6.02. The highest BCUT2D eigenvalue weighted by molar-refractivity contribution is 7.80. The van der Waals surface area contributed by atoms with Gasteiger partial charge in [0, 0.05) is 32.2 Å². The summed E-state index contributed by atoms with van der Waals surface area (Å²) in [6.07, 6.45) is 5.69. The first-order valence-electron chi connectivity index (χ1n) is 6.96. The minimum Gasteiger partial charge on any atom is -0.360 e. The third-order valence-electron chi connectivity index (χ3n) is 4.84. The van der Waals surface area contributed by atoms with Crippen molar-refractivity contribution >= 4 is 17.3 Å². The molecule has 2 aliphatic carbocycles. The van der Waals surface area contributed by atoms with Gasteiger partial charge < -0.3 is 15.1 Å². The van der Waals surface area contributed by atoms with Gasteiger partial charge in [-0.15, -0.1) is 0 Å². The van der Waals surface area contributed by atoms with Crippen molar-refractivity contribution in [1.82, 2.24) is 15.1 Å². The summed E-state index contributed by atoms with van der Waals surface area (Å²) < 4.78 is 0. The van der Waals surface area contributed by atoms with Crippen LogP contribution in [0.4, 0.5) is 0 Å². The summed E-state index contributed by atoms with van der Waals surface area (Å²) in [6.45, 7) is 4.45. The molecule has 0 amide bonds. The third-order valence-corrected chi connectivity index (χ3v) is 5.21. The maximum absolute atomic E-state index is 5.56. The molecule has 3 unspecified atom stereocenters. The van der Waals surface area contributed by atoms with Crippen LogP contribution in [0.2, 0.25) is 0 Å². The monoisotopic (exact) mass is 253 g/mol. The first-order valence-corrected chi connectivity index (χ1v) is 7.37. The van der Waals surface area contributed by atoms with E-state index in [1.807, 2.05) is 0 Å². The van der Waals surface area contributed by atoms with Crippen molar-refractivity contribution in [3.05, 3.63) is 0 Å². The Morgan fingerprint density at radius 3 is 2.47 bits per heavy atom. The summed E-state index contributed by atoms with van der Waals surface area (Å²) in [7, 11) is 2.18. The molecule has 4 heteroatoms. The molecule has 1 N–H and O–H groups in total. The van der Waals surface area contributed by atoms with Crippen LogP contribution in [0.1, 0.15) is 25.7 Å². The van der Waals surface area contributed by atoms with Crippen molar-refractivity contribution in [3.63, 3.8) is 0 Å². The maximum atomic E-state index is 5.56. The number of nitrogens with zero attached hydrogens (tertiary/aromatic N) is 2. The molecular weight excluding hydrogens is 230 g/mol. The summed E-state index contributed by atoms with van der Waals surface area (Å²) >= 11 is 5.56. The molecule has 1 heterocycles. The highest BCUT2D eigenvalue weighted by Gasteiger charge is 2.40. The average Bonchev–Trinajstić information content (AvgIpc) is 2.91. The lowest BCUT2D eigenvalue weighted by Gasteiger charge is -2.36. The largest absolute Gasteiger partial charge is 0.360 e. The Labute approximate surface area is 110 Å². The van der Waals surface area contributed by atoms with Crippen molar-refractivity contribution < 1.29 is 0 Å². The van der Waals surface area contributed by atoms with Crippen LogP contribution in [-0.4, -0.2) is 54.2 Å². The number of fused-ring (bicyclic) bond motifs is 2. The number of thiocarbonyl (C=S) groups is 1. The molecule has 0 aromatic rings. The van der Waals surface area contributed by atoms with E-state index in [0.29, 0.717) is 6.04 Å². The molecular formula is C13H23N3S. The zero-order valence-corrected chi connectivity index (χ0v) is 11.5. The lowest BCUT2D eigenvalue weighted by Crippen LogP contribution is -2.53. The molecule has 3 aliphatic rings. The minimum atomic E-state index is 0.681. The van der Waals surface area contributed by atoms with Crippen molar-refractivity contribution in [2.75, 3.05) is 33.2 Å². The van der Waals surface area contributed by atoms with Gasteiger partial charge in [-0.25, -0.2) is 0 Å². The third kappa shape index (κ3) is 2.43. The second kappa shape index (κ2) is 4.73. The molecule has 1 aliphatic heterocycles. The molecule has 0 aromatic carbocycles. The molecule has 2 bridgehead atoms. The van der Waals surface area contributed by atoms with Gasteiger partial charge in [-0.2, -0.15) is 0 Å². The van der Waals surface area contributed by atoms with Gasteiger partial charge >= 0.3 is 0 Å². The first kappa shape index (κ1) is 11.7. The number of piperazine rings is 1. The molecule has 3 nitrogen and oxygen atoms in total. The quantitative estimate of drug-likeness (QED) is 0.710. The Morgan fingerprint density at radius 2 is 1.88 bits per heavy atom. The summed E-state index contributed by atoms with van der Waals surface area (Å²) in [5.74, 6) is 1.90. The Morgan fingerprint density at radius 1 is 1.12 bits per heavy atom. The van der Waals surface area contributed by atoms with Gasteiger partial charge in [-0.3, -0.25) is 0 Å². The average molecular weight is 253 g/mol. The van der Waals surface area contributed by atoms with Crippen LogP contribution in [0, 0.1) is 11.8 Å². The molecule has 3 atom stereocenters. The van der Waals surface area contributed by atoms with E-state index in [0.717, 1.165) is 43.1 Å². The normalized spacial score (nSPS) is 37.5. The van der Waals surface area contributed by atoms with E-state index < -0.39 is 0 Å². The Bertz CT molecular complexity index is 299. The van der Waals surface area contributed by atoms with Crippen LogP contribution in [0.5, 0.6) is 0 Å². The van der Waals surface area contributed by atoms with E-state index >= 15 is 0 Å². The summed E-state index contributed by atoms with van der Waals surface area (Å²) in [5, 5.41) is 4.64. The molecule has 1 saturated heterocycles. The highest BCUT2D eigenvalue weighted by atomic mass is 32.1. The smallest absolute Gasteiger partial charge is 0.169 e. The van der Waals surface area contributed by atoms with Gasteiger partial charge in [-0.1, -0.05) is 6.42 Å². The van der Waals surface area contributed by atoms with Gasteiger partial charge in [0.1, 0.15) is 0 Å². The zero-order chi connectivity index (χ0) is 11.8. The van der Waals surface area contributed by atoms with E-state index in [1.54, 1.807) is 0 Å². The fourth-order valence-corrected chi connectivity index (χ4v) is 4.01. The van der Waals surface area contributed by atoms with Crippen molar-refractivity contribution in [2.45, 2.75) is 31.7 Å². The fourth-order valence-electron chi connectivity index (χ4n) is 3.68. The number of rotatable bonds is 1. The summed E-state index contributed by atoms with van der Waals surface area (Å²) in [5.41, 5.74) is 0. The van der Waals surface area contributed by atoms with E-state index in [2.05, 4.69) is 22.2 Å². The van der Waals surface area contributed by atoms with Gasteiger partial charge in [0.2, 0.25) is 0 Å². The van der Waals surface area contributed by atoms with Gasteiger partial charge in [0.15, 0.2) is 5.11 Å². The Balaban J connectivity index is 1.50. The number of hydrogen-bond acceptors (Lipinski definition) is 2. The van der Waals surface area contributed by atoms with Gasteiger partial charge in [0.05, 0.1) is 0 Å². The topological polar surface area (TPSA) is 18.5 Å². The maximum Gasteiger partial charge on any atom is 0.169 e. The zero-order valence-electron chi connectivity index (χ0n) is 10.7. The lowest BCUT2D eigenvalue weighted by molar-refractivity contribution is 0.211.